The minimum absolute atomic E-state index is 0.0689. The molecular formula is C33H43N2O9-. The van der Waals surface area contributed by atoms with E-state index < -0.39 is 35.3 Å². The van der Waals surface area contributed by atoms with E-state index in [0.717, 1.165) is 51.0 Å². The van der Waals surface area contributed by atoms with Gasteiger partial charge in [0.1, 0.15) is 12.1 Å². The van der Waals surface area contributed by atoms with E-state index in [9.17, 15) is 34.7 Å². The maximum Gasteiger partial charge on any atom is 0.328 e. The fraction of sp³-hybridized carbons (Fsp3) is 0.636. The first-order valence-corrected chi connectivity index (χ1v) is 15.6. The highest BCUT2D eigenvalue weighted by molar-refractivity contribution is 5.91. The Bertz CT molecular complexity index is 1340. The molecule has 1 aromatic carbocycles. The van der Waals surface area contributed by atoms with Crippen LogP contribution in [0.25, 0.3) is 0 Å². The van der Waals surface area contributed by atoms with Crippen LogP contribution in [0.15, 0.2) is 29.8 Å². The van der Waals surface area contributed by atoms with Gasteiger partial charge < -0.3 is 19.9 Å². The number of nitrogens with one attached hydrogen (secondary N) is 1. The lowest BCUT2D eigenvalue weighted by Crippen LogP contribution is -2.51. The summed E-state index contributed by atoms with van der Waals surface area (Å²) in [6.07, 6.45) is 8.74. The Labute approximate surface area is 257 Å². The zero-order valence-electron chi connectivity index (χ0n) is 25.7. The molecule has 0 aromatic heterocycles. The summed E-state index contributed by atoms with van der Waals surface area (Å²) in [5, 5.41) is 32.6. The lowest BCUT2D eigenvalue weighted by atomic mass is 9.47. The van der Waals surface area contributed by atoms with Crippen LogP contribution >= 0.6 is 0 Å². The molecule has 3 saturated carbocycles. The van der Waals surface area contributed by atoms with Gasteiger partial charge in [-0.2, -0.15) is 0 Å². The predicted octanol–water partition coefficient (Wildman–Crippen LogP) is 3.77. The fourth-order valence-corrected chi connectivity index (χ4v) is 8.82. The van der Waals surface area contributed by atoms with Gasteiger partial charge in [0.05, 0.1) is 19.2 Å². The molecule has 11 heteroatoms. The first kappa shape index (κ1) is 32.0. The molecule has 0 radical (unpaired) electrons. The highest BCUT2D eigenvalue weighted by Crippen LogP contribution is 2.65. The highest BCUT2D eigenvalue weighted by atomic mass is 16.8. The van der Waals surface area contributed by atoms with E-state index in [0.29, 0.717) is 29.7 Å². The minimum atomic E-state index is -1.11. The number of rotatable bonds is 9. The summed E-state index contributed by atoms with van der Waals surface area (Å²) in [5.74, 6) is -0.532. The molecule has 11 nitrogen and oxygen atoms in total. The third-order valence-electron chi connectivity index (χ3n) is 11.2. The molecule has 240 valence electrons. The van der Waals surface area contributed by atoms with Crippen LogP contribution in [-0.2, 0) is 35.1 Å². The molecule has 7 atom stereocenters. The van der Waals surface area contributed by atoms with Gasteiger partial charge in [-0.15, -0.1) is 5.23 Å². The van der Waals surface area contributed by atoms with Crippen molar-refractivity contribution in [1.82, 2.24) is 5.32 Å². The molecule has 44 heavy (non-hydrogen) atoms. The third kappa shape index (κ3) is 6.08. The maximum absolute atomic E-state index is 13.0. The number of benzene rings is 1. The van der Waals surface area contributed by atoms with Gasteiger partial charge in [-0.3, -0.25) is 24.8 Å². The number of fused-ring (bicyclic) bond motifs is 5. The lowest BCUT2D eigenvalue weighted by molar-refractivity contribution is -0.268. The number of amides is 1. The number of hydrogen-bond acceptors (Lipinski definition) is 10. The van der Waals surface area contributed by atoms with Gasteiger partial charge in [-0.05, 0) is 85.8 Å². The number of carbonyl (C=O) groups excluding carboxylic acids is 4. The SMILES string of the molecule is COC(=O)[C@H](Cc1ccc([O-])c(N(O)O)c1)NC(=O)CCC(=O)O[C@H]1CC[C@H]2[C@H]3CCC4=CC(=O)CC[C@]4(C)[C@@H]3CC[C@]12C. The average Bonchev–Trinajstić information content (AvgIpc) is 3.32. The number of nitrogens with zero attached hydrogens (tertiary/aromatic N) is 1. The molecule has 1 aromatic rings. The van der Waals surface area contributed by atoms with Crippen molar-refractivity contribution in [2.45, 2.75) is 96.6 Å². The van der Waals surface area contributed by atoms with Crippen molar-refractivity contribution in [2.75, 3.05) is 12.3 Å². The molecule has 3 N–H and O–H groups in total. The normalized spacial score (nSPS) is 31.5. The van der Waals surface area contributed by atoms with Crippen molar-refractivity contribution >= 4 is 29.3 Å². The number of allylic oxidation sites excluding steroid dienone is 1. The number of ketones is 1. The van der Waals surface area contributed by atoms with Crippen molar-refractivity contribution in [3.8, 4) is 5.75 Å². The van der Waals surface area contributed by atoms with Crippen molar-refractivity contribution in [1.29, 1.82) is 0 Å². The summed E-state index contributed by atoms with van der Waals surface area (Å²) in [6.45, 7) is 4.60. The lowest BCUT2D eigenvalue weighted by Gasteiger charge is -2.57. The van der Waals surface area contributed by atoms with Crippen LogP contribution in [0, 0.1) is 28.6 Å². The number of esters is 2. The summed E-state index contributed by atoms with van der Waals surface area (Å²) >= 11 is 0. The average molecular weight is 612 g/mol. The van der Waals surface area contributed by atoms with E-state index in [2.05, 4.69) is 19.2 Å². The molecule has 4 aliphatic rings. The van der Waals surface area contributed by atoms with E-state index in [1.54, 1.807) is 0 Å². The van der Waals surface area contributed by atoms with E-state index in [1.165, 1.54) is 24.8 Å². The van der Waals surface area contributed by atoms with Gasteiger partial charge in [-0.25, -0.2) is 4.79 Å². The van der Waals surface area contributed by atoms with E-state index in [4.69, 9.17) is 9.47 Å². The molecule has 0 saturated heterocycles. The molecule has 0 heterocycles. The van der Waals surface area contributed by atoms with Gasteiger partial charge in [0, 0.05) is 24.7 Å². The van der Waals surface area contributed by atoms with Crippen LogP contribution in [0.4, 0.5) is 5.69 Å². The summed E-state index contributed by atoms with van der Waals surface area (Å²) in [7, 11) is 1.18. The van der Waals surface area contributed by atoms with Crippen LogP contribution in [0.2, 0.25) is 0 Å². The Hall–Kier alpha value is -3.44. The van der Waals surface area contributed by atoms with Crippen LogP contribution in [0.1, 0.15) is 83.6 Å². The first-order valence-electron chi connectivity index (χ1n) is 15.6. The van der Waals surface area contributed by atoms with Crippen molar-refractivity contribution < 1.29 is 44.2 Å². The Morgan fingerprint density at radius 2 is 1.84 bits per heavy atom. The number of carbonyl (C=O) groups is 4. The maximum atomic E-state index is 13.0. The number of methoxy groups -OCH3 is 1. The second-order valence-corrected chi connectivity index (χ2v) is 13.5. The van der Waals surface area contributed by atoms with Crippen molar-refractivity contribution in [3.63, 3.8) is 0 Å². The zero-order chi connectivity index (χ0) is 31.8. The van der Waals surface area contributed by atoms with Gasteiger partial charge in [0.2, 0.25) is 5.91 Å². The Balaban J connectivity index is 1.15. The number of ether oxygens (including phenoxy) is 2. The summed E-state index contributed by atoms with van der Waals surface area (Å²) in [4.78, 5) is 50.2. The number of hydrogen-bond donors (Lipinski definition) is 3. The fourth-order valence-electron chi connectivity index (χ4n) is 8.82. The molecule has 1 amide bonds. The standard InChI is InChI=1S/C33H44N2O9/c1-32-14-12-21(36)18-20(32)5-6-22-23-7-9-28(33(23,2)15-13-24(22)32)44-30(39)11-10-29(38)34-25(31(40)43-3)16-19-4-8-27(37)26(17-19)35(41)42/h4,8,17-18,22-25,28,37,41-42H,5-7,9-16H2,1-3H3,(H,34,38)/p-1/t22-,23+,24-,25+,28+,32+,33+/m1/s1. The van der Waals surface area contributed by atoms with Crippen molar-refractivity contribution in [2.24, 2.45) is 28.6 Å². The Kier molecular flexibility index (Phi) is 9.09. The van der Waals surface area contributed by atoms with E-state index >= 15 is 0 Å². The minimum Gasteiger partial charge on any atom is -0.871 e. The molecule has 0 spiro atoms. The molecule has 3 fully saturated rings. The van der Waals surface area contributed by atoms with Gasteiger partial charge in [-0.1, -0.05) is 37.3 Å². The monoisotopic (exact) mass is 611 g/mol. The Morgan fingerprint density at radius 3 is 2.57 bits per heavy atom. The Morgan fingerprint density at radius 1 is 1.07 bits per heavy atom. The summed E-state index contributed by atoms with van der Waals surface area (Å²) in [6, 6.07) is 2.62. The molecule has 0 aliphatic heterocycles. The quantitative estimate of drug-likeness (QED) is 0.276. The zero-order valence-corrected chi connectivity index (χ0v) is 25.7. The topological polar surface area (TPSA) is 166 Å². The van der Waals surface area contributed by atoms with Crippen LogP contribution in [0.3, 0.4) is 0 Å². The molecule has 0 unspecified atom stereocenters. The number of anilines is 1. The molecule has 4 aliphatic carbocycles. The smallest absolute Gasteiger partial charge is 0.328 e. The van der Waals surface area contributed by atoms with E-state index in [1.807, 2.05) is 6.08 Å². The molecule has 5 rings (SSSR count). The van der Waals surface area contributed by atoms with Gasteiger partial charge in [0.25, 0.3) is 0 Å². The second kappa shape index (κ2) is 12.5. The van der Waals surface area contributed by atoms with Crippen LogP contribution in [-0.4, -0.2) is 53.3 Å². The third-order valence-corrected chi connectivity index (χ3v) is 11.2. The van der Waals surface area contributed by atoms with Gasteiger partial charge >= 0.3 is 11.9 Å². The van der Waals surface area contributed by atoms with E-state index in [-0.39, 0.29) is 47.2 Å². The van der Waals surface area contributed by atoms with Gasteiger partial charge in [0.15, 0.2) is 5.78 Å². The largest absolute Gasteiger partial charge is 0.871 e. The molecule has 0 bridgehead atoms. The highest BCUT2D eigenvalue weighted by Gasteiger charge is 2.60. The second-order valence-electron chi connectivity index (χ2n) is 13.5. The van der Waals surface area contributed by atoms with Crippen LogP contribution in [0.5, 0.6) is 5.75 Å². The predicted molar refractivity (Wildman–Crippen MR) is 155 cm³/mol. The summed E-state index contributed by atoms with van der Waals surface area (Å²) in [5.41, 5.74) is 1.29. The van der Waals surface area contributed by atoms with Crippen molar-refractivity contribution in [3.05, 3.63) is 35.4 Å². The summed E-state index contributed by atoms with van der Waals surface area (Å²) < 4.78 is 10.8. The van der Waals surface area contributed by atoms with Crippen LogP contribution < -0.4 is 15.6 Å². The molecular weight excluding hydrogens is 568 g/mol. The first-order chi connectivity index (χ1) is 20.9.